The fourth-order valence-corrected chi connectivity index (χ4v) is 6.11. The molecule has 4 amide bonds. The molecule has 14 nitrogen and oxygen atoms in total. The summed E-state index contributed by atoms with van der Waals surface area (Å²) in [7, 11) is 0. The largest absolute Gasteiger partial charge is 1.00 e. The zero-order valence-electron chi connectivity index (χ0n) is 30.0. The van der Waals surface area contributed by atoms with Gasteiger partial charge in [-0.15, -0.1) is 0 Å². The van der Waals surface area contributed by atoms with Crippen LogP contribution >= 0.6 is 23.5 Å². The van der Waals surface area contributed by atoms with Crippen LogP contribution in [0.4, 0.5) is 9.59 Å². The molecule has 0 radical (unpaired) electrons. The van der Waals surface area contributed by atoms with Gasteiger partial charge in [0.1, 0.15) is 23.0 Å². The van der Waals surface area contributed by atoms with Crippen LogP contribution in [0.25, 0.3) is 12.2 Å². The summed E-state index contributed by atoms with van der Waals surface area (Å²) >= 11 is 1.73. The van der Waals surface area contributed by atoms with Gasteiger partial charge in [-0.1, -0.05) is 48.5 Å². The summed E-state index contributed by atoms with van der Waals surface area (Å²) in [4.78, 5) is 67.4. The predicted molar refractivity (Wildman–Crippen MR) is 198 cm³/mol. The van der Waals surface area contributed by atoms with Crippen molar-refractivity contribution >= 4 is 69.9 Å². The molecule has 276 valence electrons. The van der Waals surface area contributed by atoms with Crippen LogP contribution in [-0.4, -0.2) is 46.3 Å². The molecule has 18 heteroatoms. The van der Waals surface area contributed by atoms with Crippen molar-refractivity contribution in [3.63, 3.8) is 0 Å². The van der Waals surface area contributed by atoms with Crippen LogP contribution in [0.15, 0.2) is 107 Å². The van der Waals surface area contributed by atoms with Crippen molar-refractivity contribution < 1.29 is 151 Å². The van der Waals surface area contributed by atoms with Crippen molar-refractivity contribution in [3.8, 4) is 23.0 Å². The van der Waals surface area contributed by atoms with E-state index in [1.165, 1.54) is 0 Å². The molecule has 0 unspecified atom stereocenters. The Kier molecular flexibility index (Phi) is 19.4. The number of aliphatic carboxylic acids is 2. The first-order valence-corrected chi connectivity index (χ1v) is 17.6. The first kappa shape index (κ1) is 47.4. The maximum Gasteiger partial charge on any atom is 1.00 e. The van der Waals surface area contributed by atoms with Crippen molar-refractivity contribution in [1.82, 2.24) is 10.6 Å². The second-order valence-electron chi connectivity index (χ2n) is 11.6. The third-order valence-electron chi connectivity index (χ3n) is 7.47. The molecule has 2 fully saturated rings. The number of carboxylic acids is 2. The zero-order valence-corrected chi connectivity index (χ0v) is 37.9. The molecule has 0 spiro atoms. The SMILES string of the molecule is N[C@@H](Cc1ccc(Oc2ccc(/C=C3/SC(=O)NC3=O)cc2)cc1)C(=O)[O-].N[C@@H](Cc1ccc(Oc2ccc(/C=C3/SC(=O)NC3=O)cc2)cc1)C(=O)[O-].[K+].[K+]. The molecule has 6 rings (SSSR count). The van der Waals surface area contributed by atoms with Gasteiger partial charge in [-0.25, -0.2) is 0 Å². The van der Waals surface area contributed by atoms with Gasteiger partial charge in [0.15, 0.2) is 0 Å². The number of nitrogens with two attached hydrogens (primary N) is 2. The van der Waals surface area contributed by atoms with E-state index in [0.717, 1.165) is 45.8 Å². The van der Waals surface area contributed by atoms with Gasteiger partial charge in [0.05, 0.1) is 21.7 Å². The smallest absolute Gasteiger partial charge is 0.548 e. The van der Waals surface area contributed by atoms with E-state index < -0.39 is 35.8 Å². The number of amides is 4. The topological polar surface area (TPSA) is 243 Å². The van der Waals surface area contributed by atoms with Crippen molar-refractivity contribution in [3.05, 3.63) is 129 Å². The van der Waals surface area contributed by atoms with Gasteiger partial charge in [0.2, 0.25) is 0 Å². The number of hydrogen-bond donors (Lipinski definition) is 4. The summed E-state index contributed by atoms with van der Waals surface area (Å²) in [6, 6.07) is 25.8. The van der Waals surface area contributed by atoms with Crippen LogP contribution in [0.2, 0.25) is 0 Å². The average Bonchev–Trinajstić information content (AvgIpc) is 3.64. The molecule has 2 aliphatic heterocycles. The van der Waals surface area contributed by atoms with Gasteiger partial charge < -0.3 is 40.7 Å². The Hall–Kier alpha value is -2.93. The van der Waals surface area contributed by atoms with Crippen molar-refractivity contribution in [2.75, 3.05) is 0 Å². The number of thioether (sulfide) groups is 2. The maximum atomic E-state index is 11.5. The number of benzene rings is 4. The standard InChI is InChI=1S/2C19H16N2O5S.2K/c2*20-15(18(23)24)9-11-1-5-13(6-2-11)26-14-7-3-12(4-8-14)10-16-17(22)21-19(25)27-16;;/h2*1-8,10,15H,9,20H2,(H,23,24)(H,21,22,25);;/q;;2*+1/p-2/b2*16-10+;;/t2*15-;;/m00../s1. The van der Waals surface area contributed by atoms with Gasteiger partial charge in [0, 0.05) is 12.1 Å². The van der Waals surface area contributed by atoms with Crippen molar-refractivity contribution in [2.24, 2.45) is 11.5 Å². The summed E-state index contributed by atoms with van der Waals surface area (Å²) in [5, 5.41) is 25.0. The Bertz CT molecular complexity index is 1980. The third kappa shape index (κ3) is 14.8. The quantitative estimate of drug-likeness (QED) is 0.0814. The second kappa shape index (κ2) is 22.9. The van der Waals surface area contributed by atoms with E-state index >= 15 is 0 Å². The number of nitrogens with one attached hydrogen (secondary N) is 2. The van der Waals surface area contributed by atoms with Crippen LogP contribution < -0.4 is 145 Å². The molecule has 4 aromatic carbocycles. The van der Waals surface area contributed by atoms with Crippen LogP contribution in [0, 0.1) is 0 Å². The molecule has 2 heterocycles. The molecular formula is C38H30K2N4O10S2. The summed E-state index contributed by atoms with van der Waals surface area (Å²) < 4.78 is 11.5. The molecule has 2 aliphatic rings. The molecule has 2 saturated heterocycles. The molecule has 4 aromatic rings. The Morgan fingerprint density at radius 3 is 1.09 bits per heavy atom. The molecule has 0 aromatic heterocycles. The molecule has 0 bridgehead atoms. The van der Waals surface area contributed by atoms with Crippen molar-refractivity contribution in [1.29, 1.82) is 0 Å². The number of carbonyl (C=O) groups excluding carboxylic acids is 6. The predicted octanol–water partition coefficient (Wildman–Crippen LogP) is -3.15. The minimum absolute atomic E-state index is 0. The van der Waals surface area contributed by atoms with E-state index in [4.69, 9.17) is 20.9 Å². The van der Waals surface area contributed by atoms with Crippen LogP contribution in [-0.2, 0) is 32.0 Å². The summed E-state index contributed by atoms with van der Waals surface area (Å²) in [6.07, 6.45) is 3.62. The van der Waals surface area contributed by atoms with E-state index in [0.29, 0.717) is 32.8 Å². The first-order valence-electron chi connectivity index (χ1n) is 16.0. The van der Waals surface area contributed by atoms with Crippen LogP contribution in [0.5, 0.6) is 23.0 Å². The van der Waals surface area contributed by atoms with Gasteiger partial charge in [-0.2, -0.15) is 0 Å². The number of carbonyl (C=O) groups is 6. The minimum Gasteiger partial charge on any atom is -0.548 e. The Morgan fingerprint density at radius 2 is 0.839 bits per heavy atom. The molecule has 6 N–H and O–H groups in total. The van der Waals surface area contributed by atoms with E-state index in [-0.39, 0.29) is 126 Å². The Morgan fingerprint density at radius 1 is 0.554 bits per heavy atom. The van der Waals surface area contributed by atoms with Crippen molar-refractivity contribution in [2.45, 2.75) is 24.9 Å². The van der Waals surface area contributed by atoms with E-state index in [2.05, 4.69) is 10.6 Å². The number of carboxylic acid groups (broad SMARTS) is 2. The summed E-state index contributed by atoms with van der Waals surface area (Å²) in [5.41, 5.74) is 14.0. The van der Waals surface area contributed by atoms with Gasteiger partial charge in [0.25, 0.3) is 22.3 Å². The molecule has 0 saturated carbocycles. The van der Waals surface area contributed by atoms with Gasteiger partial charge in [-0.3, -0.25) is 29.8 Å². The Balaban J connectivity index is 0.000000290. The molecular weight excluding hydrogens is 815 g/mol. The van der Waals surface area contributed by atoms with E-state index in [9.17, 15) is 39.0 Å². The number of imide groups is 2. The normalized spacial score (nSPS) is 15.7. The summed E-state index contributed by atoms with van der Waals surface area (Å²) in [6.45, 7) is 0. The van der Waals surface area contributed by atoms with Gasteiger partial charge >= 0.3 is 103 Å². The number of hydrogen-bond acceptors (Lipinski definition) is 14. The number of rotatable bonds is 12. The van der Waals surface area contributed by atoms with E-state index in [1.54, 1.807) is 109 Å². The Labute approximate surface area is 414 Å². The molecule has 2 atom stereocenters. The summed E-state index contributed by atoms with van der Waals surface area (Å²) in [5.74, 6) is -1.02. The average molecular weight is 845 g/mol. The number of ether oxygens (including phenoxy) is 2. The monoisotopic (exact) mass is 844 g/mol. The minimum atomic E-state index is -1.29. The first-order chi connectivity index (χ1) is 25.8. The van der Waals surface area contributed by atoms with Crippen LogP contribution in [0.3, 0.4) is 0 Å². The van der Waals surface area contributed by atoms with Crippen LogP contribution in [0.1, 0.15) is 22.3 Å². The molecule has 0 aliphatic carbocycles. The van der Waals surface area contributed by atoms with E-state index in [1.807, 2.05) is 0 Å². The fraction of sp³-hybridized carbons (Fsp3) is 0.105. The fourth-order valence-electron chi connectivity index (χ4n) is 4.74. The molecule has 56 heavy (non-hydrogen) atoms. The zero-order chi connectivity index (χ0) is 38.8. The maximum absolute atomic E-state index is 11.5. The van der Waals surface area contributed by atoms with Gasteiger partial charge in [-0.05, 0) is 119 Å². The third-order valence-corrected chi connectivity index (χ3v) is 9.10. The second-order valence-corrected chi connectivity index (χ2v) is 13.6.